The first-order valence-electron chi connectivity index (χ1n) is 9.17. The van der Waals surface area contributed by atoms with Crippen molar-refractivity contribution in [2.24, 2.45) is 0 Å². The van der Waals surface area contributed by atoms with Crippen molar-refractivity contribution in [2.75, 3.05) is 11.1 Å². The van der Waals surface area contributed by atoms with Gasteiger partial charge in [-0.25, -0.2) is 4.98 Å². The summed E-state index contributed by atoms with van der Waals surface area (Å²) in [5.41, 5.74) is 4.98. The molecule has 1 unspecified atom stereocenters. The van der Waals surface area contributed by atoms with Crippen LogP contribution in [0.2, 0.25) is 0 Å². The highest BCUT2D eigenvalue weighted by Gasteiger charge is 2.30. The summed E-state index contributed by atoms with van der Waals surface area (Å²) < 4.78 is 1.76. The first kappa shape index (κ1) is 17.3. The van der Waals surface area contributed by atoms with Crippen molar-refractivity contribution in [1.82, 2.24) is 9.55 Å². The molecule has 1 atom stereocenters. The van der Waals surface area contributed by atoms with Crippen LogP contribution in [0.4, 0.5) is 5.69 Å². The molecule has 1 aliphatic carbocycles. The maximum atomic E-state index is 12.9. The predicted molar refractivity (Wildman–Crippen MR) is 104 cm³/mol. The van der Waals surface area contributed by atoms with Crippen LogP contribution >= 0.6 is 11.8 Å². The van der Waals surface area contributed by atoms with E-state index in [1.807, 2.05) is 32.0 Å². The van der Waals surface area contributed by atoms with Gasteiger partial charge in [0.2, 0.25) is 5.91 Å². The number of fused-ring (bicyclic) bond motifs is 2. The van der Waals surface area contributed by atoms with Crippen LogP contribution < -0.4 is 10.9 Å². The van der Waals surface area contributed by atoms with Crippen molar-refractivity contribution in [2.45, 2.75) is 57.1 Å². The number of thioether (sulfide) groups is 1. The van der Waals surface area contributed by atoms with E-state index in [1.165, 1.54) is 0 Å². The quantitative estimate of drug-likeness (QED) is 0.842. The molecule has 26 heavy (non-hydrogen) atoms. The lowest BCUT2D eigenvalue weighted by molar-refractivity contribution is -0.116. The second kappa shape index (κ2) is 6.91. The van der Waals surface area contributed by atoms with Crippen LogP contribution in [0.5, 0.6) is 0 Å². The predicted octanol–water partition coefficient (Wildman–Crippen LogP) is 3.41. The molecular weight excluding hydrogens is 346 g/mol. The van der Waals surface area contributed by atoms with Gasteiger partial charge in [0.25, 0.3) is 5.56 Å². The van der Waals surface area contributed by atoms with Crippen LogP contribution in [0.1, 0.15) is 47.7 Å². The molecule has 136 valence electrons. The second-order valence-corrected chi connectivity index (χ2v) is 8.15. The van der Waals surface area contributed by atoms with Gasteiger partial charge in [-0.2, -0.15) is 0 Å². The van der Waals surface area contributed by atoms with E-state index in [9.17, 15) is 9.59 Å². The molecule has 1 aromatic carbocycles. The fourth-order valence-electron chi connectivity index (χ4n) is 3.77. The third kappa shape index (κ3) is 3.07. The number of hydrogen-bond donors (Lipinski definition) is 1. The van der Waals surface area contributed by atoms with Gasteiger partial charge in [0, 0.05) is 23.4 Å². The number of rotatable bonds is 3. The largest absolute Gasteiger partial charge is 0.326 e. The SMILES string of the molecule is Cc1cccc(NC(=O)CC2CSc3nc4c(c(=O)n32)CCCC4)c1C. The van der Waals surface area contributed by atoms with Gasteiger partial charge in [0.1, 0.15) is 0 Å². The van der Waals surface area contributed by atoms with Gasteiger partial charge in [-0.05, 0) is 56.7 Å². The molecule has 0 saturated heterocycles. The summed E-state index contributed by atoms with van der Waals surface area (Å²) in [7, 11) is 0. The Labute approximate surface area is 157 Å². The molecule has 2 aromatic rings. The first-order valence-corrected chi connectivity index (χ1v) is 10.2. The van der Waals surface area contributed by atoms with Crippen molar-refractivity contribution in [3.63, 3.8) is 0 Å². The average Bonchev–Trinajstić information content (AvgIpc) is 3.02. The van der Waals surface area contributed by atoms with Crippen molar-refractivity contribution >= 4 is 23.4 Å². The van der Waals surface area contributed by atoms with E-state index < -0.39 is 0 Å². The van der Waals surface area contributed by atoms with Crippen LogP contribution in [0.15, 0.2) is 28.2 Å². The Morgan fingerprint density at radius 1 is 1.31 bits per heavy atom. The zero-order chi connectivity index (χ0) is 18.3. The zero-order valence-electron chi connectivity index (χ0n) is 15.2. The Morgan fingerprint density at radius 2 is 2.12 bits per heavy atom. The van der Waals surface area contributed by atoms with Crippen LogP contribution in [0.3, 0.4) is 0 Å². The van der Waals surface area contributed by atoms with Gasteiger partial charge < -0.3 is 5.32 Å². The van der Waals surface area contributed by atoms with Crippen molar-refractivity contribution < 1.29 is 4.79 Å². The molecule has 0 spiro atoms. The number of carbonyl (C=O) groups is 1. The number of carbonyl (C=O) groups excluding carboxylic acids is 1. The Morgan fingerprint density at radius 3 is 2.96 bits per heavy atom. The number of aromatic nitrogens is 2. The number of benzene rings is 1. The van der Waals surface area contributed by atoms with E-state index >= 15 is 0 Å². The zero-order valence-corrected chi connectivity index (χ0v) is 16.0. The molecule has 1 N–H and O–H groups in total. The fourth-order valence-corrected chi connectivity index (χ4v) is 4.92. The normalized spacial score (nSPS) is 18.3. The molecule has 2 aliphatic rings. The third-order valence-corrected chi connectivity index (χ3v) is 6.52. The summed E-state index contributed by atoms with van der Waals surface area (Å²) in [6.07, 6.45) is 4.17. The number of hydrogen-bond acceptors (Lipinski definition) is 4. The molecule has 0 bridgehead atoms. The highest BCUT2D eigenvalue weighted by atomic mass is 32.2. The molecular formula is C20H23N3O2S. The van der Waals surface area contributed by atoms with Crippen LogP contribution in [0, 0.1) is 13.8 Å². The van der Waals surface area contributed by atoms with Crippen LogP contribution in [-0.2, 0) is 17.6 Å². The summed E-state index contributed by atoms with van der Waals surface area (Å²) in [4.78, 5) is 30.2. The van der Waals surface area contributed by atoms with Crippen molar-refractivity contribution in [3.8, 4) is 0 Å². The molecule has 1 aliphatic heterocycles. The maximum Gasteiger partial charge on any atom is 0.257 e. The highest BCUT2D eigenvalue weighted by Crippen LogP contribution is 2.34. The van der Waals surface area contributed by atoms with E-state index in [0.29, 0.717) is 6.42 Å². The van der Waals surface area contributed by atoms with Gasteiger partial charge in [-0.3, -0.25) is 14.2 Å². The number of aryl methyl sites for hydroxylation is 2. The molecule has 2 heterocycles. The summed E-state index contributed by atoms with van der Waals surface area (Å²) in [6, 6.07) is 5.77. The van der Waals surface area contributed by atoms with Crippen LogP contribution in [-0.4, -0.2) is 21.2 Å². The van der Waals surface area contributed by atoms with E-state index in [2.05, 4.69) is 5.32 Å². The first-order chi connectivity index (χ1) is 12.5. The Hall–Kier alpha value is -2.08. The van der Waals surface area contributed by atoms with E-state index in [4.69, 9.17) is 4.98 Å². The Balaban J connectivity index is 1.55. The summed E-state index contributed by atoms with van der Waals surface area (Å²) in [5.74, 6) is 0.674. The highest BCUT2D eigenvalue weighted by molar-refractivity contribution is 7.99. The number of nitrogens with zero attached hydrogens (tertiary/aromatic N) is 2. The average molecular weight is 369 g/mol. The monoisotopic (exact) mass is 369 g/mol. The van der Waals surface area contributed by atoms with Gasteiger partial charge in [-0.15, -0.1) is 0 Å². The molecule has 1 amide bonds. The van der Waals surface area contributed by atoms with E-state index in [1.54, 1.807) is 16.3 Å². The molecule has 0 fully saturated rings. The minimum absolute atomic E-state index is 0.0539. The molecule has 0 radical (unpaired) electrons. The smallest absolute Gasteiger partial charge is 0.257 e. The van der Waals surface area contributed by atoms with E-state index in [-0.39, 0.29) is 17.5 Å². The van der Waals surface area contributed by atoms with Gasteiger partial charge in [-0.1, -0.05) is 23.9 Å². The minimum atomic E-state index is -0.118. The van der Waals surface area contributed by atoms with Gasteiger partial charge >= 0.3 is 0 Å². The molecule has 0 saturated carbocycles. The molecule has 4 rings (SSSR count). The second-order valence-electron chi connectivity index (χ2n) is 7.17. The molecule has 5 nitrogen and oxygen atoms in total. The number of amides is 1. The fraction of sp³-hybridized carbons (Fsp3) is 0.450. The maximum absolute atomic E-state index is 12.9. The van der Waals surface area contributed by atoms with Gasteiger partial charge in [0.15, 0.2) is 5.16 Å². The van der Waals surface area contributed by atoms with Gasteiger partial charge in [0.05, 0.1) is 11.7 Å². The van der Waals surface area contributed by atoms with Crippen LogP contribution in [0.25, 0.3) is 0 Å². The minimum Gasteiger partial charge on any atom is -0.326 e. The topological polar surface area (TPSA) is 64.0 Å². The van der Waals surface area contributed by atoms with Crippen molar-refractivity contribution in [3.05, 3.63) is 50.9 Å². The lowest BCUT2D eigenvalue weighted by Gasteiger charge is -2.19. The standard InChI is InChI=1S/C20H23N3O2S/c1-12-6-5-9-16(13(12)2)21-18(24)10-14-11-26-20-22-17-8-4-3-7-15(17)19(25)23(14)20/h5-6,9,14H,3-4,7-8,10-11H2,1-2H3,(H,21,24). The Kier molecular flexibility index (Phi) is 4.61. The number of anilines is 1. The number of nitrogens with one attached hydrogen (secondary N) is 1. The Bertz CT molecular complexity index is 935. The summed E-state index contributed by atoms with van der Waals surface area (Å²) in [5, 5.41) is 3.78. The molecule has 1 aromatic heterocycles. The lowest BCUT2D eigenvalue weighted by Crippen LogP contribution is -2.32. The summed E-state index contributed by atoms with van der Waals surface area (Å²) in [6.45, 7) is 4.04. The lowest BCUT2D eigenvalue weighted by atomic mass is 9.97. The summed E-state index contributed by atoms with van der Waals surface area (Å²) >= 11 is 1.59. The van der Waals surface area contributed by atoms with Crippen molar-refractivity contribution in [1.29, 1.82) is 0 Å². The molecule has 6 heteroatoms. The van der Waals surface area contributed by atoms with E-state index in [0.717, 1.165) is 64.7 Å². The third-order valence-electron chi connectivity index (χ3n) is 5.42.